The molecule has 1 unspecified atom stereocenters. The van der Waals surface area contributed by atoms with E-state index in [2.05, 4.69) is 45.1 Å². The second kappa shape index (κ2) is 8.54. The molecule has 5 heteroatoms. The van der Waals surface area contributed by atoms with Crippen LogP contribution in [0.25, 0.3) is 6.08 Å². The maximum Gasteiger partial charge on any atom is 0.341 e. The van der Waals surface area contributed by atoms with E-state index in [1.54, 1.807) is 6.08 Å². The molecular weight excluding hydrogens is 382 g/mol. The lowest BCUT2D eigenvalue weighted by molar-refractivity contribution is -0.111. The van der Waals surface area contributed by atoms with Crippen LogP contribution in [0.3, 0.4) is 0 Å². The zero-order chi connectivity index (χ0) is 21.2. The first kappa shape index (κ1) is 21.3. The molecule has 1 aromatic heterocycles. The monoisotopic (exact) mass is 411 g/mol. The quantitative estimate of drug-likeness (QED) is 0.526. The molecule has 0 spiro atoms. The molecule has 29 heavy (non-hydrogen) atoms. The van der Waals surface area contributed by atoms with Gasteiger partial charge >= 0.3 is 5.97 Å². The molecular formula is C24H29NO3S. The van der Waals surface area contributed by atoms with Crippen LogP contribution in [0.1, 0.15) is 66.0 Å². The molecule has 0 aliphatic heterocycles. The molecule has 0 fully saturated rings. The van der Waals surface area contributed by atoms with Crippen LogP contribution in [0.4, 0.5) is 5.00 Å². The highest BCUT2D eigenvalue weighted by Gasteiger charge is 2.28. The Morgan fingerprint density at radius 2 is 1.90 bits per heavy atom. The number of carbonyl (C=O) groups is 2. The lowest BCUT2D eigenvalue weighted by Gasteiger charge is -2.18. The Morgan fingerprint density at radius 3 is 2.52 bits per heavy atom. The number of amides is 1. The van der Waals surface area contributed by atoms with Crippen molar-refractivity contribution >= 4 is 34.3 Å². The van der Waals surface area contributed by atoms with E-state index >= 15 is 0 Å². The van der Waals surface area contributed by atoms with Gasteiger partial charge < -0.3 is 10.1 Å². The van der Waals surface area contributed by atoms with Crippen molar-refractivity contribution in [2.24, 2.45) is 5.92 Å². The number of benzene rings is 1. The van der Waals surface area contributed by atoms with E-state index in [0.717, 1.165) is 30.4 Å². The second-order valence-corrected chi connectivity index (χ2v) is 9.85. The van der Waals surface area contributed by atoms with E-state index in [4.69, 9.17) is 4.74 Å². The maximum absolute atomic E-state index is 12.5. The minimum Gasteiger partial charge on any atom is -0.465 e. The molecule has 1 heterocycles. The van der Waals surface area contributed by atoms with Crippen molar-refractivity contribution in [3.05, 3.63) is 57.5 Å². The van der Waals surface area contributed by atoms with Crippen molar-refractivity contribution in [3.63, 3.8) is 0 Å². The van der Waals surface area contributed by atoms with E-state index in [0.29, 0.717) is 16.5 Å². The standard InChI is InChI=1S/C24H29NO3S/c1-15-6-12-18-19(14-15)29-22(21(18)23(27)28-5)25-20(26)13-9-16-7-10-17(11-8-16)24(2,3)4/h7-11,13,15H,6,12,14H2,1-5H3,(H,25,26). The number of hydrogen-bond acceptors (Lipinski definition) is 4. The van der Waals surface area contributed by atoms with Crippen molar-refractivity contribution < 1.29 is 14.3 Å². The van der Waals surface area contributed by atoms with Gasteiger partial charge in [-0.2, -0.15) is 0 Å². The summed E-state index contributed by atoms with van der Waals surface area (Å²) < 4.78 is 4.98. The number of rotatable bonds is 4. The molecule has 0 saturated carbocycles. The van der Waals surface area contributed by atoms with Gasteiger partial charge in [0.05, 0.1) is 12.7 Å². The van der Waals surface area contributed by atoms with Crippen molar-refractivity contribution in [1.29, 1.82) is 0 Å². The van der Waals surface area contributed by atoms with E-state index in [-0.39, 0.29) is 17.3 Å². The Kier molecular flexibility index (Phi) is 6.27. The molecule has 1 atom stereocenters. The molecule has 0 bridgehead atoms. The fraction of sp³-hybridized carbons (Fsp3) is 0.417. The lowest BCUT2D eigenvalue weighted by atomic mass is 9.87. The van der Waals surface area contributed by atoms with Crippen molar-refractivity contribution in [2.45, 2.75) is 52.4 Å². The van der Waals surface area contributed by atoms with Gasteiger partial charge in [-0.3, -0.25) is 4.79 Å². The summed E-state index contributed by atoms with van der Waals surface area (Å²) in [5, 5.41) is 3.49. The molecule has 1 N–H and O–H groups in total. The summed E-state index contributed by atoms with van der Waals surface area (Å²) in [6.07, 6.45) is 6.13. The fourth-order valence-electron chi connectivity index (χ4n) is 3.58. The Morgan fingerprint density at radius 1 is 1.21 bits per heavy atom. The highest BCUT2D eigenvalue weighted by Crippen LogP contribution is 2.40. The minimum atomic E-state index is -0.380. The van der Waals surface area contributed by atoms with Gasteiger partial charge in [-0.25, -0.2) is 4.79 Å². The molecule has 1 amide bonds. The molecule has 3 rings (SSSR count). The minimum absolute atomic E-state index is 0.0969. The lowest BCUT2D eigenvalue weighted by Crippen LogP contribution is -2.14. The van der Waals surface area contributed by atoms with Gasteiger partial charge in [0, 0.05) is 11.0 Å². The number of hydrogen-bond donors (Lipinski definition) is 1. The number of ether oxygens (including phenoxy) is 1. The Bertz CT molecular complexity index is 932. The van der Waals surface area contributed by atoms with E-state index in [1.165, 1.54) is 35.0 Å². The first-order valence-electron chi connectivity index (χ1n) is 10.0. The predicted molar refractivity (Wildman–Crippen MR) is 120 cm³/mol. The summed E-state index contributed by atoms with van der Waals surface area (Å²) in [5.41, 5.74) is 3.87. The molecule has 0 radical (unpaired) electrons. The number of nitrogens with one attached hydrogen (secondary N) is 1. The van der Waals surface area contributed by atoms with Crippen molar-refractivity contribution in [2.75, 3.05) is 12.4 Å². The van der Waals surface area contributed by atoms with Crippen LogP contribution in [-0.2, 0) is 27.8 Å². The van der Waals surface area contributed by atoms with Crippen LogP contribution < -0.4 is 5.32 Å². The topological polar surface area (TPSA) is 55.4 Å². The summed E-state index contributed by atoms with van der Waals surface area (Å²) in [5.74, 6) is -0.0398. The van der Waals surface area contributed by atoms with Crippen LogP contribution in [0.2, 0.25) is 0 Å². The van der Waals surface area contributed by atoms with Crippen LogP contribution in [0.15, 0.2) is 30.3 Å². The third-order valence-corrected chi connectivity index (χ3v) is 6.51. The highest BCUT2D eigenvalue weighted by atomic mass is 32.1. The van der Waals surface area contributed by atoms with E-state index < -0.39 is 0 Å². The molecule has 1 aliphatic rings. The molecule has 4 nitrogen and oxygen atoms in total. The van der Waals surface area contributed by atoms with Gasteiger partial charge in [-0.1, -0.05) is 52.0 Å². The molecule has 2 aromatic rings. The Labute approximate surface area is 177 Å². The highest BCUT2D eigenvalue weighted by molar-refractivity contribution is 7.17. The Balaban J connectivity index is 1.77. The van der Waals surface area contributed by atoms with Gasteiger partial charge in [0.2, 0.25) is 5.91 Å². The smallest absolute Gasteiger partial charge is 0.341 e. The van der Waals surface area contributed by atoms with E-state index in [9.17, 15) is 9.59 Å². The van der Waals surface area contributed by atoms with Gasteiger partial charge in [-0.15, -0.1) is 11.3 Å². The van der Waals surface area contributed by atoms with Gasteiger partial charge in [0.25, 0.3) is 0 Å². The maximum atomic E-state index is 12.5. The van der Waals surface area contributed by atoms with Crippen LogP contribution in [0.5, 0.6) is 0 Å². The SMILES string of the molecule is COC(=O)c1c(NC(=O)C=Cc2ccc(C(C)(C)C)cc2)sc2c1CCC(C)C2. The number of thiophene rings is 1. The molecule has 154 valence electrons. The van der Waals surface area contributed by atoms with Crippen LogP contribution in [0, 0.1) is 5.92 Å². The normalized spacial score (nSPS) is 16.5. The van der Waals surface area contributed by atoms with Crippen LogP contribution >= 0.6 is 11.3 Å². The average molecular weight is 412 g/mol. The van der Waals surface area contributed by atoms with Crippen molar-refractivity contribution in [3.8, 4) is 0 Å². The third kappa shape index (κ3) is 4.96. The number of anilines is 1. The number of carbonyl (C=O) groups excluding carboxylic acids is 2. The summed E-state index contributed by atoms with van der Waals surface area (Å²) in [7, 11) is 1.38. The van der Waals surface area contributed by atoms with Gasteiger partial charge in [0.1, 0.15) is 5.00 Å². The zero-order valence-electron chi connectivity index (χ0n) is 17.8. The van der Waals surface area contributed by atoms with Gasteiger partial charge in [-0.05, 0) is 53.4 Å². The Hall–Kier alpha value is -2.40. The fourth-order valence-corrected chi connectivity index (χ4v) is 4.98. The largest absolute Gasteiger partial charge is 0.465 e. The number of esters is 1. The third-order valence-electron chi connectivity index (χ3n) is 5.34. The van der Waals surface area contributed by atoms with Gasteiger partial charge in [0.15, 0.2) is 0 Å². The number of methoxy groups -OCH3 is 1. The summed E-state index contributed by atoms with van der Waals surface area (Å²) in [4.78, 5) is 26.0. The zero-order valence-corrected chi connectivity index (χ0v) is 18.6. The van der Waals surface area contributed by atoms with Crippen LogP contribution in [-0.4, -0.2) is 19.0 Å². The molecule has 0 saturated heterocycles. The summed E-state index contributed by atoms with van der Waals surface area (Å²) in [6, 6.07) is 8.19. The predicted octanol–water partition coefficient (Wildman–Crippen LogP) is 5.61. The first-order valence-corrected chi connectivity index (χ1v) is 10.8. The molecule has 1 aromatic carbocycles. The first-order chi connectivity index (χ1) is 13.7. The average Bonchev–Trinajstić information content (AvgIpc) is 3.02. The number of fused-ring (bicyclic) bond motifs is 1. The second-order valence-electron chi connectivity index (χ2n) is 8.74. The van der Waals surface area contributed by atoms with E-state index in [1.807, 2.05) is 12.1 Å². The molecule has 1 aliphatic carbocycles. The summed E-state index contributed by atoms with van der Waals surface area (Å²) in [6.45, 7) is 8.73. The summed E-state index contributed by atoms with van der Waals surface area (Å²) >= 11 is 1.50. The van der Waals surface area contributed by atoms with Crippen molar-refractivity contribution in [1.82, 2.24) is 0 Å².